The number of aromatic nitrogens is 3. The zero-order valence-corrected chi connectivity index (χ0v) is 18.2. The van der Waals surface area contributed by atoms with Crippen molar-refractivity contribution < 1.29 is 13.6 Å². The summed E-state index contributed by atoms with van der Waals surface area (Å²) in [5.74, 6) is -0.291. The van der Waals surface area contributed by atoms with Crippen molar-refractivity contribution in [1.82, 2.24) is 19.9 Å². The zero-order valence-electron chi connectivity index (χ0n) is 18.2. The van der Waals surface area contributed by atoms with Crippen LogP contribution in [0.2, 0.25) is 0 Å². The van der Waals surface area contributed by atoms with E-state index < -0.39 is 5.82 Å². The number of likely N-dealkylation sites (tertiary alicyclic amines) is 1. The molecule has 8 heteroatoms. The Labute approximate surface area is 190 Å². The van der Waals surface area contributed by atoms with Gasteiger partial charge in [-0.2, -0.15) is 4.98 Å². The molecular weight excluding hydrogens is 421 g/mol. The molecule has 7 nitrogen and oxygen atoms in total. The molecule has 5 rings (SSSR count). The number of halogens is 1. The zero-order chi connectivity index (χ0) is 22.8. The molecule has 0 aliphatic carbocycles. The molecule has 1 amide bonds. The van der Waals surface area contributed by atoms with Gasteiger partial charge >= 0.3 is 0 Å². The van der Waals surface area contributed by atoms with Crippen LogP contribution in [0.5, 0.6) is 0 Å². The molecule has 2 aromatic heterocycles. The number of piperidine rings is 1. The molecule has 2 aromatic carbocycles. The molecule has 1 aliphatic rings. The van der Waals surface area contributed by atoms with Crippen molar-refractivity contribution in [2.24, 2.45) is 5.92 Å². The van der Waals surface area contributed by atoms with Gasteiger partial charge in [-0.05, 0) is 49.1 Å². The smallest absolute Gasteiger partial charge is 0.295 e. The highest BCUT2D eigenvalue weighted by molar-refractivity contribution is 6.00. The van der Waals surface area contributed by atoms with Crippen LogP contribution in [-0.2, 0) is 0 Å². The Morgan fingerprint density at radius 2 is 1.97 bits per heavy atom. The van der Waals surface area contributed by atoms with Crippen molar-refractivity contribution in [3.8, 4) is 11.4 Å². The van der Waals surface area contributed by atoms with E-state index in [2.05, 4.69) is 27.2 Å². The normalized spacial score (nSPS) is 18.4. The number of hydrogen-bond donors (Lipinski definition) is 1. The van der Waals surface area contributed by atoms with E-state index in [4.69, 9.17) is 4.42 Å². The third-order valence-corrected chi connectivity index (χ3v) is 6.17. The number of carbonyl (C=O) groups excluding carboxylic acids is 1. The molecular formula is C25H24FN5O2. The molecule has 0 unspecified atom stereocenters. The number of anilines is 1. The third kappa shape index (κ3) is 4.16. The van der Waals surface area contributed by atoms with E-state index in [9.17, 15) is 9.18 Å². The number of amides is 1. The fourth-order valence-corrected chi connectivity index (χ4v) is 4.46. The average Bonchev–Trinajstić information content (AvgIpc) is 3.26. The predicted octanol–water partition coefficient (Wildman–Crippen LogP) is 4.78. The fraction of sp³-hybridized carbons (Fsp3) is 0.280. The first-order valence-corrected chi connectivity index (χ1v) is 11.1. The summed E-state index contributed by atoms with van der Waals surface area (Å²) in [7, 11) is 0. The lowest BCUT2D eigenvalue weighted by Crippen LogP contribution is -2.51. The summed E-state index contributed by atoms with van der Waals surface area (Å²) >= 11 is 0. The number of rotatable bonds is 5. The summed E-state index contributed by atoms with van der Waals surface area (Å²) in [5.41, 5.74) is 1.88. The highest BCUT2D eigenvalue weighted by atomic mass is 19.1. The van der Waals surface area contributed by atoms with Gasteiger partial charge in [0.25, 0.3) is 11.9 Å². The maximum atomic E-state index is 14.8. The second-order valence-corrected chi connectivity index (χ2v) is 8.29. The standard InChI is InChI=1S/C25H24FN5O2/c1-16-7-5-14-31(20(16)15-29-25-30-19-10-2-3-11-21(19)33-25)24(32)17-8-4-9-18(26)22(17)23-27-12-6-13-28-23/h2-4,6,8-13,16,20H,5,7,14-15H2,1H3,(H,29,30)/t16-,20-/m1/s1. The van der Waals surface area contributed by atoms with Crippen molar-refractivity contribution in [2.45, 2.75) is 25.8 Å². The lowest BCUT2D eigenvalue weighted by Gasteiger charge is -2.40. The Balaban J connectivity index is 1.42. The summed E-state index contributed by atoms with van der Waals surface area (Å²) in [4.78, 5) is 28.3. The lowest BCUT2D eigenvalue weighted by atomic mass is 9.89. The van der Waals surface area contributed by atoms with E-state index >= 15 is 0 Å². The van der Waals surface area contributed by atoms with Crippen LogP contribution in [0.4, 0.5) is 10.4 Å². The van der Waals surface area contributed by atoms with E-state index in [1.165, 1.54) is 6.07 Å². The molecule has 3 heterocycles. The number of fused-ring (bicyclic) bond motifs is 1. The quantitative estimate of drug-likeness (QED) is 0.476. The maximum absolute atomic E-state index is 14.8. The number of benzene rings is 2. The Morgan fingerprint density at radius 3 is 2.79 bits per heavy atom. The van der Waals surface area contributed by atoms with Gasteiger partial charge in [0.2, 0.25) is 0 Å². The van der Waals surface area contributed by atoms with Gasteiger partial charge in [0.1, 0.15) is 11.3 Å². The second-order valence-electron chi connectivity index (χ2n) is 8.29. The largest absolute Gasteiger partial charge is 0.424 e. The van der Waals surface area contributed by atoms with Gasteiger partial charge in [0.05, 0.1) is 17.2 Å². The van der Waals surface area contributed by atoms with Crippen LogP contribution in [0.3, 0.4) is 0 Å². The van der Waals surface area contributed by atoms with Crippen molar-refractivity contribution in [3.63, 3.8) is 0 Å². The van der Waals surface area contributed by atoms with Crippen molar-refractivity contribution in [3.05, 3.63) is 72.3 Å². The number of nitrogens with one attached hydrogen (secondary N) is 1. The molecule has 33 heavy (non-hydrogen) atoms. The van der Waals surface area contributed by atoms with E-state index in [0.29, 0.717) is 24.7 Å². The topological polar surface area (TPSA) is 84.2 Å². The van der Waals surface area contributed by atoms with E-state index in [-0.39, 0.29) is 34.8 Å². The summed E-state index contributed by atoms with van der Waals surface area (Å²) < 4.78 is 20.6. The van der Waals surface area contributed by atoms with Crippen molar-refractivity contribution in [2.75, 3.05) is 18.4 Å². The first kappa shape index (κ1) is 21.1. The van der Waals surface area contributed by atoms with Crippen LogP contribution in [0.15, 0.2) is 65.3 Å². The average molecular weight is 445 g/mol. The Morgan fingerprint density at radius 1 is 1.15 bits per heavy atom. The molecule has 0 radical (unpaired) electrons. The van der Waals surface area contributed by atoms with Gasteiger partial charge in [-0.1, -0.05) is 25.1 Å². The number of para-hydroxylation sites is 2. The maximum Gasteiger partial charge on any atom is 0.295 e. The number of oxazole rings is 1. The number of carbonyl (C=O) groups is 1. The number of hydrogen-bond acceptors (Lipinski definition) is 6. The minimum atomic E-state index is -0.516. The summed E-state index contributed by atoms with van der Waals surface area (Å²) in [6.45, 7) is 3.20. The molecule has 4 aromatic rings. The van der Waals surface area contributed by atoms with Gasteiger partial charge in [-0.25, -0.2) is 14.4 Å². The van der Waals surface area contributed by atoms with Crippen LogP contribution in [0.1, 0.15) is 30.1 Å². The molecule has 0 saturated carbocycles. The molecule has 0 spiro atoms. The van der Waals surface area contributed by atoms with Crippen LogP contribution < -0.4 is 5.32 Å². The van der Waals surface area contributed by atoms with Crippen LogP contribution in [0, 0.1) is 11.7 Å². The second kappa shape index (κ2) is 8.97. The highest BCUT2D eigenvalue weighted by Gasteiger charge is 2.34. The molecule has 2 atom stereocenters. The first-order chi connectivity index (χ1) is 16.1. The van der Waals surface area contributed by atoms with Gasteiger partial charge in [-0.15, -0.1) is 0 Å². The van der Waals surface area contributed by atoms with E-state index in [1.807, 2.05) is 29.2 Å². The summed E-state index contributed by atoms with van der Waals surface area (Å²) in [5, 5.41) is 3.26. The SMILES string of the molecule is C[C@@H]1CCCN(C(=O)c2cccc(F)c2-c2ncccn2)[C@@H]1CNc1nc2ccccc2o1. The Bertz CT molecular complexity index is 1240. The molecule has 1 fully saturated rings. The van der Waals surface area contributed by atoms with Crippen LogP contribution >= 0.6 is 0 Å². The fourth-order valence-electron chi connectivity index (χ4n) is 4.46. The Hall–Kier alpha value is -3.81. The van der Waals surface area contributed by atoms with Gasteiger partial charge in [-0.3, -0.25) is 4.79 Å². The van der Waals surface area contributed by atoms with Crippen LogP contribution in [-0.4, -0.2) is 44.9 Å². The molecule has 168 valence electrons. The molecule has 0 bridgehead atoms. The molecule has 1 saturated heterocycles. The van der Waals surface area contributed by atoms with E-state index in [0.717, 1.165) is 18.4 Å². The highest BCUT2D eigenvalue weighted by Crippen LogP contribution is 2.30. The predicted molar refractivity (Wildman–Crippen MR) is 123 cm³/mol. The summed E-state index contributed by atoms with van der Waals surface area (Å²) in [6.07, 6.45) is 4.97. The first-order valence-electron chi connectivity index (χ1n) is 11.1. The van der Waals surface area contributed by atoms with Gasteiger partial charge in [0.15, 0.2) is 11.4 Å². The van der Waals surface area contributed by atoms with Crippen molar-refractivity contribution in [1.29, 1.82) is 0 Å². The lowest BCUT2D eigenvalue weighted by molar-refractivity contribution is 0.0539. The third-order valence-electron chi connectivity index (χ3n) is 6.17. The number of nitrogens with zero attached hydrogens (tertiary/aromatic N) is 4. The molecule has 1 N–H and O–H groups in total. The summed E-state index contributed by atoms with van der Waals surface area (Å²) in [6, 6.07) is 14.1. The monoisotopic (exact) mass is 445 g/mol. The van der Waals surface area contributed by atoms with Gasteiger partial charge < -0.3 is 14.6 Å². The van der Waals surface area contributed by atoms with Crippen molar-refractivity contribution >= 4 is 23.0 Å². The van der Waals surface area contributed by atoms with E-state index in [1.54, 1.807) is 30.6 Å². The minimum Gasteiger partial charge on any atom is -0.424 e. The molecule has 1 aliphatic heterocycles. The Kier molecular flexibility index (Phi) is 5.73. The van der Waals surface area contributed by atoms with Crippen LogP contribution in [0.25, 0.3) is 22.5 Å². The van der Waals surface area contributed by atoms with Gasteiger partial charge in [0, 0.05) is 25.5 Å². The minimum absolute atomic E-state index is 0.103.